The first-order valence-electron chi connectivity index (χ1n) is 6.36. The van der Waals surface area contributed by atoms with Crippen molar-refractivity contribution in [2.75, 3.05) is 25.1 Å². The number of halogens is 2. The number of anilines is 1. The fourth-order valence-corrected chi connectivity index (χ4v) is 3.44. The summed E-state index contributed by atoms with van der Waals surface area (Å²) in [5, 5.41) is 3.78. The SMILES string of the molecule is COC(=O)c1cc(Cl)c(N2CC(CN=[N+]=[N-])CC2=O)c(Br)c1. The number of ether oxygens (including phenoxy) is 1. The lowest BCUT2D eigenvalue weighted by Crippen LogP contribution is -2.25. The number of azide groups is 1. The number of carbonyl (C=O) groups excluding carboxylic acids is 2. The highest BCUT2D eigenvalue weighted by atomic mass is 79.9. The van der Waals surface area contributed by atoms with Crippen LogP contribution in [-0.4, -0.2) is 32.1 Å². The summed E-state index contributed by atoms with van der Waals surface area (Å²) < 4.78 is 5.17. The molecule has 7 nitrogen and oxygen atoms in total. The molecule has 0 aromatic heterocycles. The minimum Gasteiger partial charge on any atom is -0.465 e. The van der Waals surface area contributed by atoms with Crippen molar-refractivity contribution in [3.05, 3.63) is 37.6 Å². The Balaban J connectivity index is 2.31. The zero-order chi connectivity index (χ0) is 16.3. The molecule has 22 heavy (non-hydrogen) atoms. The normalized spacial score (nSPS) is 17.3. The number of amides is 1. The van der Waals surface area contributed by atoms with Crippen LogP contribution in [0.4, 0.5) is 5.69 Å². The fraction of sp³-hybridized carbons (Fsp3) is 0.385. The second kappa shape index (κ2) is 7.00. The highest BCUT2D eigenvalue weighted by Gasteiger charge is 2.32. The number of rotatable bonds is 4. The van der Waals surface area contributed by atoms with Gasteiger partial charge in [-0.05, 0) is 39.5 Å². The molecule has 116 valence electrons. The Kier molecular flexibility index (Phi) is 5.28. The summed E-state index contributed by atoms with van der Waals surface area (Å²) in [6.07, 6.45) is 0.292. The lowest BCUT2D eigenvalue weighted by molar-refractivity contribution is -0.117. The quantitative estimate of drug-likeness (QED) is 0.342. The number of hydrogen-bond donors (Lipinski definition) is 0. The van der Waals surface area contributed by atoms with Gasteiger partial charge in [0.05, 0.1) is 23.4 Å². The predicted molar refractivity (Wildman–Crippen MR) is 85.0 cm³/mol. The van der Waals surface area contributed by atoms with Crippen LogP contribution >= 0.6 is 27.5 Å². The van der Waals surface area contributed by atoms with Gasteiger partial charge in [-0.1, -0.05) is 16.7 Å². The molecule has 1 aromatic carbocycles. The molecular weight excluding hydrogens is 376 g/mol. The molecule has 0 spiro atoms. The van der Waals surface area contributed by atoms with Crippen LogP contribution in [0.2, 0.25) is 5.02 Å². The Hall–Kier alpha value is -1.76. The first kappa shape index (κ1) is 16.6. The third-order valence-electron chi connectivity index (χ3n) is 3.32. The van der Waals surface area contributed by atoms with Crippen molar-refractivity contribution >= 4 is 45.1 Å². The van der Waals surface area contributed by atoms with E-state index in [1.807, 2.05) is 0 Å². The van der Waals surface area contributed by atoms with E-state index in [0.717, 1.165) is 0 Å². The van der Waals surface area contributed by atoms with E-state index >= 15 is 0 Å². The molecule has 2 rings (SSSR count). The van der Waals surface area contributed by atoms with Crippen molar-refractivity contribution in [3.8, 4) is 0 Å². The first-order chi connectivity index (χ1) is 10.5. The van der Waals surface area contributed by atoms with Crippen LogP contribution in [0.3, 0.4) is 0 Å². The van der Waals surface area contributed by atoms with Gasteiger partial charge in [0.1, 0.15) is 0 Å². The highest BCUT2D eigenvalue weighted by Crippen LogP contribution is 2.38. The standard InChI is InChI=1S/C13H12BrClN4O3/c1-22-13(21)8-3-9(14)12(10(15)4-8)19-6-7(2-11(19)20)5-17-18-16/h3-4,7H,2,5-6H2,1H3. The highest BCUT2D eigenvalue weighted by molar-refractivity contribution is 9.10. The van der Waals surface area contributed by atoms with Gasteiger partial charge < -0.3 is 9.64 Å². The molecule has 0 aliphatic carbocycles. The molecule has 1 saturated heterocycles. The average Bonchev–Trinajstić information content (AvgIpc) is 2.84. The van der Waals surface area contributed by atoms with Gasteiger partial charge in [0.15, 0.2) is 0 Å². The topological polar surface area (TPSA) is 95.4 Å². The predicted octanol–water partition coefficient (Wildman–Crippen LogP) is 3.55. The summed E-state index contributed by atoms with van der Waals surface area (Å²) in [5.74, 6) is -0.665. The molecule has 0 N–H and O–H groups in total. The van der Waals surface area contributed by atoms with Crippen LogP contribution in [0.25, 0.3) is 10.4 Å². The zero-order valence-electron chi connectivity index (χ0n) is 11.6. The molecule has 1 fully saturated rings. The van der Waals surface area contributed by atoms with Crippen molar-refractivity contribution in [2.24, 2.45) is 11.0 Å². The Morgan fingerprint density at radius 3 is 2.95 bits per heavy atom. The Labute approximate surface area is 139 Å². The van der Waals surface area contributed by atoms with Gasteiger partial charge in [-0.2, -0.15) is 0 Å². The van der Waals surface area contributed by atoms with Crippen LogP contribution in [0.1, 0.15) is 16.8 Å². The van der Waals surface area contributed by atoms with Gasteiger partial charge >= 0.3 is 5.97 Å². The van der Waals surface area contributed by atoms with Crippen LogP contribution in [0.15, 0.2) is 21.7 Å². The largest absolute Gasteiger partial charge is 0.465 e. The van der Waals surface area contributed by atoms with E-state index in [4.69, 9.17) is 17.1 Å². The van der Waals surface area contributed by atoms with E-state index in [2.05, 4.69) is 30.7 Å². The van der Waals surface area contributed by atoms with Crippen LogP contribution in [-0.2, 0) is 9.53 Å². The lowest BCUT2D eigenvalue weighted by Gasteiger charge is -2.20. The number of methoxy groups -OCH3 is 1. The molecule has 9 heteroatoms. The molecule has 0 saturated carbocycles. The summed E-state index contributed by atoms with van der Waals surface area (Å²) in [6.45, 7) is 0.669. The Morgan fingerprint density at radius 2 is 2.36 bits per heavy atom. The van der Waals surface area contributed by atoms with E-state index in [0.29, 0.717) is 28.7 Å². The minimum atomic E-state index is -0.511. The third kappa shape index (κ3) is 3.35. The van der Waals surface area contributed by atoms with Crippen molar-refractivity contribution < 1.29 is 14.3 Å². The molecule has 0 bridgehead atoms. The minimum absolute atomic E-state index is 0.0494. The first-order valence-corrected chi connectivity index (χ1v) is 7.53. The number of nitrogens with zero attached hydrogens (tertiary/aromatic N) is 4. The fourth-order valence-electron chi connectivity index (χ4n) is 2.33. The summed E-state index contributed by atoms with van der Waals surface area (Å²) >= 11 is 9.56. The monoisotopic (exact) mass is 386 g/mol. The molecule has 1 atom stereocenters. The van der Waals surface area contributed by atoms with Gasteiger partial charge in [-0.3, -0.25) is 4.79 Å². The van der Waals surface area contributed by atoms with Gasteiger partial charge in [0.2, 0.25) is 5.91 Å². The maximum atomic E-state index is 12.1. The number of benzene rings is 1. The van der Waals surface area contributed by atoms with Crippen LogP contribution < -0.4 is 4.90 Å². The van der Waals surface area contributed by atoms with E-state index in [1.165, 1.54) is 18.1 Å². The van der Waals surface area contributed by atoms with E-state index in [1.54, 1.807) is 6.07 Å². The van der Waals surface area contributed by atoms with Crippen LogP contribution in [0, 0.1) is 5.92 Å². The molecule has 0 radical (unpaired) electrons. The van der Waals surface area contributed by atoms with Crippen LogP contribution in [0.5, 0.6) is 0 Å². The summed E-state index contributed by atoms with van der Waals surface area (Å²) in [7, 11) is 1.28. The van der Waals surface area contributed by atoms with Gasteiger partial charge in [-0.25, -0.2) is 4.79 Å². The van der Waals surface area contributed by atoms with Crippen molar-refractivity contribution in [2.45, 2.75) is 6.42 Å². The van der Waals surface area contributed by atoms with Gasteiger partial charge in [-0.15, -0.1) is 0 Å². The smallest absolute Gasteiger partial charge is 0.337 e. The Bertz CT molecular complexity index is 652. The summed E-state index contributed by atoms with van der Waals surface area (Å²) in [4.78, 5) is 27.9. The number of carbonyl (C=O) groups is 2. The lowest BCUT2D eigenvalue weighted by atomic mass is 10.1. The van der Waals surface area contributed by atoms with Crippen molar-refractivity contribution in [1.29, 1.82) is 0 Å². The third-order valence-corrected chi connectivity index (χ3v) is 4.21. The molecule has 1 amide bonds. The van der Waals surface area contributed by atoms with Gasteiger partial charge in [0.25, 0.3) is 0 Å². The summed E-state index contributed by atoms with van der Waals surface area (Å²) in [5.41, 5.74) is 9.15. The van der Waals surface area contributed by atoms with Gasteiger partial charge in [0, 0.05) is 28.9 Å². The molecule has 1 aliphatic heterocycles. The van der Waals surface area contributed by atoms with E-state index in [-0.39, 0.29) is 23.4 Å². The molecular formula is C13H12BrClN4O3. The van der Waals surface area contributed by atoms with E-state index in [9.17, 15) is 9.59 Å². The second-order valence-corrected chi connectivity index (χ2v) is 6.03. The molecule has 1 unspecified atom stereocenters. The maximum absolute atomic E-state index is 12.1. The van der Waals surface area contributed by atoms with Crippen molar-refractivity contribution in [3.63, 3.8) is 0 Å². The maximum Gasteiger partial charge on any atom is 0.337 e. The summed E-state index contributed by atoms with van der Waals surface area (Å²) in [6, 6.07) is 3.02. The van der Waals surface area contributed by atoms with E-state index < -0.39 is 5.97 Å². The van der Waals surface area contributed by atoms with Crippen molar-refractivity contribution in [1.82, 2.24) is 0 Å². The molecule has 1 heterocycles. The Morgan fingerprint density at radius 1 is 1.64 bits per heavy atom. The zero-order valence-corrected chi connectivity index (χ0v) is 14.0. The number of esters is 1. The second-order valence-electron chi connectivity index (χ2n) is 4.77. The average molecular weight is 388 g/mol. The molecule has 1 aliphatic rings. The molecule has 1 aromatic rings. The number of hydrogen-bond acceptors (Lipinski definition) is 4.